The van der Waals surface area contributed by atoms with Gasteiger partial charge in [-0.3, -0.25) is 4.79 Å². The summed E-state index contributed by atoms with van der Waals surface area (Å²) in [5.41, 5.74) is 1.49. The zero-order valence-corrected chi connectivity index (χ0v) is 14.0. The summed E-state index contributed by atoms with van der Waals surface area (Å²) in [5.74, 6) is 0.891. The molecule has 5 heteroatoms. The Balaban J connectivity index is 3.03. The number of rotatable bonds is 7. The van der Waals surface area contributed by atoms with Gasteiger partial charge in [0.1, 0.15) is 6.07 Å². The number of hydrogen-bond donors (Lipinski definition) is 1. The number of hydrogen-bond acceptors (Lipinski definition) is 4. The summed E-state index contributed by atoms with van der Waals surface area (Å²) in [6, 6.07) is 8.21. The van der Waals surface area contributed by atoms with E-state index in [2.05, 4.69) is 18.3 Å². The van der Waals surface area contributed by atoms with Crippen molar-refractivity contribution in [1.82, 2.24) is 5.32 Å². The Morgan fingerprint density at radius 2 is 2.14 bits per heavy atom. The fraction of sp³-hybridized carbons (Fsp3) is 0.500. The Kier molecular flexibility index (Phi) is 7.10. The molecule has 0 spiro atoms. The van der Waals surface area contributed by atoms with Crippen LogP contribution < -0.4 is 10.2 Å². The summed E-state index contributed by atoms with van der Waals surface area (Å²) in [5, 5.41) is 12.3. The third-order valence-corrected chi connectivity index (χ3v) is 3.86. The predicted molar refractivity (Wildman–Crippen MR) is 88.7 cm³/mol. The van der Waals surface area contributed by atoms with Gasteiger partial charge in [-0.2, -0.15) is 5.26 Å². The van der Waals surface area contributed by atoms with Crippen molar-refractivity contribution in [2.45, 2.75) is 38.6 Å². The molecule has 0 fully saturated rings. The van der Waals surface area contributed by atoms with Gasteiger partial charge in [-0.05, 0) is 38.7 Å². The summed E-state index contributed by atoms with van der Waals surface area (Å²) in [4.78, 5) is 14.9. The number of thioether (sulfide) groups is 1. The van der Waals surface area contributed by atoms with Crippen molar-refractivity contribution < 1.29 is 4.79 Å². The van der Waals surface area contributed by atoms with Crippen LogP contribution in [0.4, 0.5) is 5.69 Å². The monoisotopic (exact) mass is 305 g/mol. The number of nitriles is 1. The molecule has 0 aliphatic carbocycles. The lowest BCUT2D eigenvalue weighted by atomic mass is 10.1. The van der Waals surface area contributed by atoms with Crippen molar-refractivity contribution in [3.05, 3.63) is 23.8 Å². The first-order valence-electron chi connectivity index (χ1n) is 7.23. The smallest absolute Gasteiger partial charge is 0.239 e. The zero-order valence-electron chi connectivity index (χ0n) is 13.1. The molecule has 1 rings (SSSR count). The van der Waals surface area contributed by atoms with Crippen LogP contribution in [0.15, 0.2) is 23.1 Å². The van der Waals surface area contributed by atoms with Crippen molar-refractivity contribution in [2.24, 2.45) is 0 Å². The minimum atomic E-state index is -0.0238. The van der Waals surface area contributed by atoms with E-state index in [0.717, 1.165) is 16.3 Å². The molecule has 0 atom stereocenters. The van der Waals surface area contributed by atoms with E-state index in [1.165, 1.54) is 0 Å². The van der Waals surface area contributed by atoms with Crippen LogP contribution >= 0.6 is 11.8 Å². The molecule has 0 radical (unpaired) electrons. The van der Waals surface area contributed by atoms with E-state index < -0.39 is 0 Å². The highest BCUT2D eigenvalue weighted by atomic mass is 32.2. The van der Waals surface area contributed by atoms with Crippen molar-refractivity contribution in [3.63, 3.8) is 0 Å². The van der Waals surface area contributed by atoms with Gasteiger partial charge in [0, 0.05) is 17.5 Å². The summed E-state index contributed by atoms with van der Waals surface area (Å²) in [7, 11) is 0. The summed E-state index contributed by atoms with van der Waals surface area (Å²) < 4.78 is 0. The molecule has 0 aromatic heterocycles. The Morgan fingerprint density at radius 1 is 1.43 bits per heavy atom. The molecule has 1 N–H and O–H groups in total. The van der Waals surface area contributed by atoms with Crippen LogP contribution in [-0.4, -0.2) is 30.8 Å². The second kappa shape index (κ2) is 8.58. The van der Waals surface area contributed by atoms with E-state index in [4.69, 9.17) is 0 Å². The third-order valence-electron chi connectivity index (χ3n) is 2.92. The molecule has 0 aliphatic rings. The molecule has 0 unspecified atom stereocenters. The quantitative estimate of drug-likeness (QED) is 0.787. The molecule has 21 heavy (non-hydrogen) atoms. The minimum Gasteiger partial charge on any atom is -0.361 e. The van der Waals surface area contributed by atoms with Crippen LogP contribution in [0.1, 0.15) is 33.3 Å². The number of likely N-dealkylation sites (N-methyl/N-ethyl adjacent to an activating group) is 1. The maximum atomic E-state index is 12.0. The van der Waals surface area contributed by atoms with Crippen molar-refractivity contribution in [1.29, 1.82) is 5.26 Å². The molecule has 1 amide bonds. The van der Waals surface area contributed by atoms with E-state index in [1.54, 1.807) is 11.8 Å². The van der Waals surface area contributed by atoms with Gasteiger partial charge in [0.25, 0.3) is 0 Å². The van der Waals surface area contributed by atoms with Gasteiger partial charge in [-0.1, -0.05) is 13.0 Å². The van der Waals surface area contributed by atoms with Crippen LogP contribution in [-0.2, 0) is 4.79 Å². The number of anilines is 1. The standard InChI is InChI=1S/C16H23N3OS/c1-5-19(11-16(20)18-12(3)4)14-8-7-9-15(21-6-2)13(14)10-17/h7-9,12H,5-6,11H2,1-4H3,(H,18,20). The van der Waals surface area contributed by atoms with E-state index in [9.17, 15) is 10.1 Å². The number of carbonyl (C=O) groups is 1. The number of nitrogens with zero attached hydrogens (tertiary/aromatic N) is 2. The number of amides is 1. The lowest BCUT2D eigenvalue weighted by Crippen LogP contribution is -2.40. The fourth-order valence-corrected chi connectivity index (χ4v) is 2.86. The average Bonchev–Trinajstić information content (AvgIpc) is 2.44. The summed E-state index contributed by atoms with van der Waals surface area (Å²) in [6.07, 6.45) is 0. The van der Waals surface area contributed by atoms with Crippen LogP contribution in [0.2, 0.25) is 0 Å². The highest BCUT2D eigenvalue weighted by Crippen LogP contribution is 2.30. The Hall–Kier alpha value is -1.67. The second-order valence-corrected chi connectivity index (χ2v) is 6.24. The topological polar surface area (TPSA) is 56.1 Å². The molecule has 1 aromatic rings. The minimum absolute atomic E-state index is 0.0238. The van der Waals surface area contributed by atoms with Gasteiger partial charge in [0.05, 0.1) is 17.8 Å². The molecule has 1 aromatic carbocycles. The Bertz CT molecular complexity index is 523. The maximum absolute atomic E-state index is 12.0. The lowest BCUT2D eigenvalue weighted by molar-refractivity contribution is -0.120. The van der Waals surface area contributed by atoms with E-state index >= 15 is 0 Å². The lowest BCUT2D eigenvalue weighted by Gasteiger charge is -2.25. The van der Waals surface area contributed by atoms with Gasteiger partial charge in [0.2, 0.25) is 5.91 Å². The first-order chi connectivity index (χ1) is 10.0. The van der Waals surface area contributed by atoms with E-state index in [1.807, 2.05) is 43.9 Å². The number of benzene rings is 1. The van der Waals surface area contributed by atoms with Crippen molar-refractivity contribution >= 4 is 23.4 Å². The van der Waals surface area contributed by atoms with Gasteiger partial charge in [-0.25, -0.2) is 0 Å². The molecule has 114 valence electrons. The first kappa shape index (κ1) is 17.4. The second-order valence-electron chi connectivity index (χ2n) is 4.93. The molecule has 0 aliphatic heterocycles. The van der Waals surface area contributed by atoms with E-state index in [0.29, 0.717) is 12.1 Å². The van der Waals surface area contributed by atoms with Crippen LogP contribution in [0, 0.1) is 11.3 Å². The summed E-state index contributed by atoms with van der Waals surface area (Å²) in [6.45, 7) is 8.88. The highest BCUT2D eigenvalue weighted by molar-refractivity contribution is 7.99. The maximum Gasteiger partial charge on any atom is 0.239 e. The van der Waals surface area contributed by atoms with Crippen molar-refractivity contribution in [3.8, 4) is 6.07 Å². The average molecular weight is 305 g/mol. The Morgan fingerprint density at radius 3 is 2.67 bits per heavy atom. The van der Waals surface area contributed by atoms with Gasteiger partial charge in [-0.15, -0.1) is 11.8 Å². The molecular formula is C16H23N3OS. The third kappa shape index (κ3) is 4.98. The first-order valence-corrected chi connectivity index (χ1v) is 8.22. The predicted octanol–water partition coefficient (Wildman–Crippen LogP) is 3.02. The van der Waals surface area contributed by atoms with Gasteiger partial charge >= 0.3 is 0 Å². The Labute approximate surface area is 131 Å². The van der Waals surface area contributed by atoms with Crippen LogP contribution in [0.3, 0.4) is 0 Å². The molecule has 4 nitrogen and oxygen atoms in total. The SMILES string of the molecule is CCSc1cccc(N(CC)CC(=O)NC(C)C)c1C#N. The summed E-state index contributed by atoms with van der Waals surface area (Å²) >= 11 is 1.65. The zero-order chi connectivity index (χ0) is 15.8. The van der Waals surface area contributed by atoms with Crippen LogP contribution in [0.25, 0.3) is 0 Å². The highest BCUT2D eigenvalue weighted by Gasteiger charge is 2.16. The molecular weight excluding hydrogens is 282 g/mol. The molecule has 0 bridgehead atoms. The van der Waals surface area contributed by atoms with E-state index in [-0.39, 0.29) is 18.5 Å². The molecule has 0 heterocycles. The molecule has 0 saturated carbocycles. The fourth-order valence-electron chi connectivity index (χ4n) is 2.08. The normalized spacial score (nSPS) is 10.3. The van der Waals surface area contributed by atoms with Crippen LogP contribution in [0.5, 0.6) is 0 Å². The number of carbonyl (C=O) groups excluding carboxylic acids is 1. The van der Waals surface area contributed by atoms with Gasteiger partial charge in [0.15, 0.2) is 0 Å². The molecule has 0 saturated heterocycles. The number of nitrogens with one attached hydrogen (secondary N) is 1. The largest absolute Gasteiger partial charge is 0.361 e. The van der Waals surface area contributed by atoms with Crippen molar-refractivity contribution in [2.75, 3.05) is 23.7 Å². The van der Waals surface area contributed by atoms with Gasteiger partial charge < -0.3 is 10.2 Å².